The molecule has 0 amide bonds. The predicted octanol–water partition coefficient (Wildman–Crippen LogP) is 3.88. The summed E-state index contributed by atoms with van der Waals surface area (Å²) in [5.41, 5.74) is 0. The van der Waals surface area contributed by atoms with Gasteiger partial charge in [0.05, 0.1) is 0 Å². The Morgan fingerprint density at radius 3 is 1.61 bits per heavy atom. The Morgan fingerprint density at radius 2 is 1.11 bits per heavy atom. The number of benzene rings is 1. The molecule has 18 heavy (non-hydrogen) atoms. The molecule has 0 bridgehead atoms. The first kappa shape index (κ1) is 13.6. The van der Waals surface area contributed by atoms with Gasteiger partial charge in [-0.15, -0.1) is 0 Å². The SMILES string of the molecule is Fc1c(F)c(F)c(SN2CCCCC2)c(F)c1F. The van der Waals surface area contributed by atoms with Gasteiger partial charge in [-0.05, 0) is 24.8 Å². The lowest BCUT2D eigenvalue weighted by atomic mass is 10.2. The molecule has 0 radical (unpaired) electrons. The van der Waals surface area contributed by atoms with E-state index in [-0.39, 0.29) is 0 Å². The molecule has 0 saturated carbocycles. The van der Waals surface area contributed by atoms with Crippen molar-refractivity contribution < 1.29 is 22.0 Å². The first-order valence-electron chi connectivity index (χ1n) is 5.46. The maximum Gasteiger partial charge on any atom is 0.200 e. The van der Waals surface area contributed by atoms with Crippen molar-refractivity contribution in [3.05, 3.63) is 29.1 Å². The molecule has 7 heteroatoms. The van der Waals surface area contributed by atoms with Crippen LogP contribution >= 0.6 is 11.9 Å². The molecule has 0 unspecified atom stereocenters. The van der Waals surface area contributed by atoms with Crippen LogP contribution in [0.3, 0.4) is 0 Å². The lowest BCUT2D eigenvalue weighted by Crippen LogP contribution is -2.23. The van der Waals surface area contributed by atoms with Crippen molar-refractivity contribution >= 4 is 11.9 Å². The number of rotatable bonds is 2. The zero-order valence-corrected chi connectivity index (χ0v) is 10.1. The van der Waals surface area contributed by atoms with Crippen molar-refractivity contribution in [3.8, 4) is 0 Å². The van der Waals surface area contributed by atoms with Crippen LogP contribution in [0.5, 0.6) is 0 Å². The summed E-state index contributed by atoms with van der Waals surface area (Å²) in [7, 11) is 0. The van der Waals surface area contributed by atoms with Crippen molar-refractivity contribution in [2.75, 3.05) is 13.1 Å². The summed E-state index contributed by atoms with van der Waals surface area (Å²) in [6, 6.07) is 0. The second-order valence-corrected chi connectivity index (χ2v) is 5.09. The van der Waals surface area contributed by atoms with Crippen molar-refractivity contribution in [2.45, 2.75) is 24.2 Å². The third-order valence-electron chi connectivity index (χ3n) is 2.70. The van der Waals surface area contributed by atoms with Gasteiger partial charge in [-0.25, -0.2) is 26.3 Å². The molecule has 1 heterocycles. The first-order valence-corrected chi connectivity index (χ1v) is 6.24. The van der Waals surface area contributed by atoms with Crippen LogP contribution in [-0.2, 0) is 0 Å². The fourth-order valence-corrected chi connectivity index (χ4v) is 2.79. The highest BCUT2D eigenvalue weighted by Gasteiger charge is 2.27. The van der Waals surface area contributed by atoms with Crippen molar-refractivity contribution in [1.82, 2.24) is 4.31 Å². The predicted molar refractivity (Wildman–Crippen MR) is 57.5 cm³/mol. The minimum absolute atomic E-state index is 0.574. The Morgan fingerprint density at radius 1 is 0.667 bits per heavy atom. The Hall–Kier alpha value is -0.820. The fourth-order valence-electron chi connectivity index (χ4n) is 1.75. The zero-order valence-electron chi connectivity index (χ0n) is 9.28. The molecule has 100 valence electrons. The fraction of sp³-hybridized carbons (Fsp3) is 0.455. The second-order valence-electron chi connectivity index (χ2n) is 3.98. The van der Waals surface area contributed by atoms with Gasteiger partial charge in [0.1, 0.15) is 4.90 Å². The highest BCUT2D eigenvalue weighted by atomic mass is 32.2. The smallest absolute Gasteiger partial charge is 0.200 e. The molecule has 0 spiro atoms. The van der Waals surface area contributed by atoms with Gasteiger partial charge in [-0.2, -0.15) is 0 Å². The molecule has 0 N–H and O–H groups in total. The van der Waals surface area contributed by atoms with Gasteiger partial charge >= 0.3 is 0 Å². The van der Waals surface area contributed by atoms with E-state index in [4.69, 9.17) is 0 Å². The summed E-state index contributed by atoms with van der Waals surface area (Å²) in [6.07, 6.45) is 2.71. The quantitative estimate of drug-likeness (QED) is 0.351. The van der Waals surface area contributed by atoms with Gasteiger partial charge in [-0.1, -0.05) is 6.42 Å². The summed E-state index contributed by atoms with van der Waals surface area (Å²) in [5, 5.41) is 0. The van der Waals surface area contributed by atoms with Gasteiger partial charge in [0.25, 0.3) is 0 Å². The number of halogens is 5. The van der Waals surface area contributed by atoms with E-state index in [1.165, 1.54) is 0 Å². The first-order chi connectivity index (χ1) is 8.52. The van der Waals surface area contributed by atoms with Crippen molar-refractivity contribution in [2.24, 2.45) is 0 Å². The van der Waals surface area contributed by atoms with E-state index in [1.54, 1.807) is 4.31 Å². The average Bonchev–Trinajstić information content (AvgIpc) is 2.40. The summed E-state index contributed by atoms with van der Waals surface area (Å²) in [5.74, 6) is -9.43. The van der Waals surface area contributed by atoms with Crippen LogP contribution in [0.15, 0.2) is 4.90 Å². The van der Waals surface area contributed by atoms with E-state index < -0.39 is 34.0 Å². The van der Waals surface area contributed by atoms with Crippen LogP contribution in [-0.4, -0.2) is 17.4 Å². The molecule has 0 aromatic heterocycles. The van der Waals surface area contributed by atoms with Crippen LogP contribution in [0.4, 0.5) is 22.0 Å². The van der Waals surface area contributed by atoms with E-state index in [1.807, 2.05) is 0 Å². The Bertz CT molecular complexity index is 430. The lowest BCUT2D eigenvalue weighted by molar-refractivity contribution is 0.353. The second kappa shape index (κ2) is 5.44. The minimum atomic E-state index is -2.12. The van der Waals surface area contributed by atoms with Crippen molar-refractivity contribution in [1.29, 1.82) is 0 Å². The minimum Gasteiger partial charge on any atom is -0.246 e. The molecule has 0 atom stereocenters. The zero-order chi connectivity index (χ0) is 13.3. The number of nitrogens with zero attached hydrogens (tertiary/aromatic N) is 1. The Kier molecular flexibility index (Phi) is 4.11. The molecule has 1 saturated heterocycles. The molecule has 1 fully saturated rings. The maximum atomic E-state index is 13.4. The summed E-state index contributed by atoms with van der Waals surface area (Å²) in [6.45, 7) is 1.15. The van der Waals surface area contributed by atoms with E-state index in [9.17, 15) is 22.0 Å². The van der Waals surface area contributed by atoms with Gasteiger partial charge in [0, 0.05) is 13.1 Å². The number of hydrogen-bond acceptors (Lipinski definition) is 2. The monoisotopic (exact) mass is 283 g/mol. The summed E-state index contributed by atoms with van der Waals surface area (Å²) >= 11 is 0.591. The third-order valence-corrected chi connectivity index (χ3v) is 3.87. The van der Waals surface area contributed by atoms with Gasteiger partial charge < -0.3 is 0 Å². The number of piperidine rings is 1. The lowest BCUT2D eigenvalue weighted by Gasteiger charge is -2.25. The van der Waals surface area contributed by atoms with E-state index >= 15 is 0 Å². The molecule has 0 aliphatic carbocycles. The van der Waals surface area contributed by atoms with Crippen LogP contribution in [0.25, 0.3) is 0 Å². The van der Waals surface area contributed by atoms with Crippen LogP contribution in [0, 0.1) is 29.1 Å². The van der Waals surface area contributed by atoms with Gasteiger partial charge in [0.2, 0.25) is 5.82 Å². The number of hydrogen-bond donors (Lipinski definition) is 0. The van der Waals surface area contributed by atoms with E-state index in [0.717, 1.165) is 19.3 Å². The normalized spacial score (nSPS) is 17.2. The van der Waals surface area contributed by atoms with Gasteiger partial charge in [0.15, 0.2) is 23.3 Å². The van der Waals surface area contributed by atoms with Crippen LogP contribution < -0.4 is 0 Å². The maximum absolute atomic E-state index is 13.4. The van der Waals surface area contributed by atoms with Crippen LogP contribution in [0.2, 0.25) is 0 Å². The Balaban J connectivity index is 2.32. The summed E-state index contributed by atoms with van der Waals surface area (Å²) < 4.78 is 67.1. The topological polar surface area (TPSA) is 3.24 Å². The van der Waals surface area contributed by atoms with Crippen LogP contribution in [0.1, 0.15) is 19.3 Å². The molecule has 1 aliphatic heterocycles. The molecule has 1 aliphatic rings. The third kappa shape index (κ3) is 2.47. The van der Waals surface area contributed by atoms with Crippen molar-refractivity contribution in [3.63, 3.8) is 0 Å². The van der Waals surface area contributed by atoms with E-state index in [0.29, 0.717) is 25.0 Å². The van der Waals surface area contributed by atoms with E-state index in [2.05, 4.69) is 0 Å². The molecular formula is C11H10F5NS. The standard InChI is InChI=1S/C11H10F5NS/c12-6-7(13)9(15)11(10(16)8(6)14)18-17-4-2-1-3-5-17/h1-5H2. The largest absolute Gasteiger partial charge is 0.246 e. The highest BCUT2D eigenvalue weighted by Crippen LogP contribution is 2.34. The molecular weight excluding hydrogens is 273 g/mol. The molecule has 1 aromatic carbocycles. The average molecular weight is 283 g/mol. The summed E-state index contributed by atoms with van der Waals surface area (Å²) in [4.78, 5) is -0.826. The van der Waals surface area contributed by atoms with Gasteiger partial charge in [-0.3, -0.25) is 0 Å². The molecule has 1 nitrogen and oxygen atoms in total. The Labute approximate surface area is 105 Å². The molecule has 1 aromatic rings. The molecule has 2 rings (SSSR count). The highest BCUT2D eigenvalue weighted by molar-refractivity contribution is 7.97.